The predicted molar refractivity (Wildman–Crippen MR) is 169 cm³/mol. The first kappa shape index (κ1) is 27.5. The molecule has 8 nitrogen and oxygen atoms in total. The van der Waals surface area contributed by atoms with E-state index in [1.54, 1.807) is 12.0 Å². The van der Waals surface area contributed by atoms with Crippen LogP contribution in [0.4, 0.5) is 11.6 Å². The second-order valence-electron chi connectivity index (χ2n) is 10.3. The van der Waals surface area contributed by atoms with Crippen LogP contribution in [0.5, 0.6) is 5.75 Å². The van der Waals surface area contributed by atoms with Gasteiger partial charge in [0.15, 0.2) is 5.16 Å². The number of fused-ring (bicyclic) bond motifs is 2. The molecule has 0 radical (unpaired) electrons. The van der Waals surface area contributed by atoms with E-state index in [4.69, 9.17) is 19.7 Å². The van der Waals surface area contributed by atoms with Crippen molar-refractivity contribution in [3.8, 4) is 17.0 Å². The molecule has 1 unspecified atom stereocenters. The monoisotopic (exact) mass is 576 g/mol. The molecular formula is C33H32N6O2S. The Morgan fingerprint density at radius 2 is 1.71 bits per heavy atom. The van der Waals surface area contributed by atoms with Crippen molar-refractivity contribution >= 4 is 40.2 Å². The van der Waals surface area contributed by atoms with Crippen LogP contribution in [-0.2, 0) is 6.54 Å². The van der Waals surface area contributed by atoms with Gasteiger partial charge in [-0.1, -0.05) is 72.4 Å². The number of ether oxygens (including phenoxy) is 1. The number of para-hydroxylation sites is 1. The van der Waals surface area contributed by atoms with Crippen molar-refractivity contribution in [1.82, 2.24) is 19.9 Å². The first-order chi connectivity index (χ1) is 20.4. The molecule has 2 aromatic heterocycles. The Bertz CT molecular complexity index is 1750. The zero-order valence-corrected chi connectivity index (χ0v) is 24.9. The van der Waals surface area contributed by atoms with Gasteiger partial charge in [0.1, 0.15) is 22.9 Å². The summed E-state index contributed by atoms with van der Waals surface area (Å²) < 4.78 is 5.32. The van der Waals surface area contributed by atoms with Crippen LogP contribution >= 0.6 is 11.8 Å². The first-order valence-corrected chi connectivity index (χ1v) is 15.0. The van der Waals surface area contributed by atoms with Crippen molar-refractivity contribution in [2.24, 2.45) is 0 Å². The second-order valence-corrected chi connectivity index (χ2v) is 11.1. The van der Waals surface area contributed by atoms with E-state index >= 15 is 0 Å². The van der Waals surface area contributed by atoms with Crippen molar-refractivity contribution in [1.29, 1.82) is 0 Å². The van der Waals surface area contributed by atoms with Crippen molar-refractivity contribution < 1.29 is 9.53 Å². The molecular weight excluding hydrogens is 544 g/mol. The fourth-order valence-corrected chi connectivity index (χ4v) is 5.64. The average molecular weight is 577 g/mol. The largest absolute Gasteiger partial charge is 0.497 e. The van der Waals surface area contributed by atoms with Crippen LogP contribution in [0.1, 0.15) is 34.5 Å². The van der Waals surface area contributed by atoms with E-state index in [9.17, 15) is 4.79 Å². The fourth-order valence-electron chi connectivity index (χ4n) is 5.28. The first-order valence-electron chi connectivity index (χ1n) is 13.8. The number of carbonyl (C=O) groups excluding carboxylic acids is 1. The van der Waals surface area contributed by atoms with Crippen molar-refractivity contribution in [2.45, 2.75) is 24.7 Å². The quantitative estimate of drug-likeness (QED) is 0.163. The van der Waals surface area contributed by atoms with E-state index in [0.29, 0.717) is 35.6 Å². The molecule has 3 heterocycles. The Hall–Kier alpha value is -4.63. The van der Waals surface area contributed by atoms with Gasteiger partial charge in [-0.05, 0) is 43.0 Å². The number of amides is 1. The van der Waals surface area contributed by atoms with Crippen molar-refractivity contribution in [3.63, 3.8) is 0 Å². The van der Waals surface area contributed by atoms with Crippen molar-refractivity contribution in [3.05, 3.63) is 102 Å². The van der Waals surface area contributed by atoms with Gasteiger partial charge in [-0.3, -0.25) is 4.79 Å². The molecule has 1 amide bonds. The van der Waals surface area contributed by atoms with Gasteiger partial charge in [-0.25, -0.2) is 15.0 Å². The van der Waals surface area contributed by atoms with E-state index in [1.165, 1.54) is 11.8 Å². The highest BCUT2D eigenvalue weighted by molar-refractivity contribution is 7.98. The summed E-state index contributed by atoms with van der Waals surface area (Å²) in [5.74, 6) is 1.83. The minimum Gasteiger partial charge on any atom is -0.497 e. The van der Waals surface area contributed by atoms with E-state index < -0.39 is 0 Å². The molecule has 0 saturated heterocycles. The molecule has 212 valence electrons. The molecule has 1 N–H and O–H groups in total. The molecule has 1 aliphatic heterocycles. The van der Waals surface area contributed by atoms with Crippen molar-refractivity contribution in [2.75, 3.05) is 37.3 Å². The number of hydrogen-bond acceptors (Lipinski definition) is 8. The molecule has 0 spiro atoms. The lowest BCUT2D eigenvalue weighted by atomic mass is 9.98. The molecule has 1 atom stereocenters. The van der Waals surface area contributed by atoms with Crippen LogP contribution in [0.2, 0.25) is 0 Å². The summed E-state index contributed by atoms with van der Waals surface area (Å²) in [5.41, 5.74) is 5.44. The maximum Gasteiger partial charge on any atom is 0.262 e. The van der Waals surface area contributed by atoms with E-state index in [0.717, 1.165) is 39.0 Å². The summed E-state index contributed by atoms with van der Waals surface area (Å²) in [6.07, 6.45) is 1.94. The van der Waals surface area contributed by atoms with Gasteiger partial charge in [-0.2, -0.15) is 0 Å². The van der Waals surface area contributed by atoms with Gasteiger partial charge in [0.2, 0.25) is 0 Å². The third-order valence-corrected chi connectivity index (χ3v) is 8.00. The fraction of sp³-hybridized carbons (Fsp3) is 0.212. The highest BCUT2D eigenvalue weighted by Crippen LogP contribution is 2.36. The van der Waals surface area contributed by atoms with Crippen LogP contribution in [0.15, 0.2) is 90.1 Å². The van der Waals surface area contributed by atoms with Crippen LogP contribution in [0.25, 0.3) is 22.2 Å². The molecule has 5 aromatic rings. The highest BCUT2D eigenvalue weighted by Gasteiger charge is 2.33. The number of rotatable bonds is 8. The summed E-state index contributed by atoms with van der Waals surface area (Å²) >= 11 is 1.45. The van der Waals surface area contributed by atoms with Crippen LogP contribution in [0, 0.1) is 0 Å². The predicted octanol–water partition coefficient (Wildman–Crippen LogP) is 6.65. The summed E-state index contributed by atoms with van der Waals surface area (Å²) in [5, 5.41) is 5.24. The Kier molecular flexibility index (Phi) is 7.67. The summed E-state index contributed by atoms with van der Waals surface area (Å²) in [6, 6.07) is 28.2. The topological polar surface area (TPSA) is 83.5 Å². The number of hydrogen-bond donors (Lipinski definition) is 1. The average Bonchev–Trinajstić information content (AvgIpc) is 3.03. The number of thioether (sulfide) groups is 1. The van der Waals surface area contributed by atoms with Crippen LogP contribution < -0.4 is 15.0 Å². The number of pyridine rings is 1. The zero-order valence-electron chi connectivity index (χ0n) is 24.0. The lowest BCUT2D eigenvalue weighted by Gasteiger charge is -2.36. The Balaban J connectivity index is 1.42. The third kappa shape index (κ3) is 5.35. The molecule has 9 heteroatoms. The van der Waals surface area contributed by atoms with Gasteiger partial charge in [-0.15, -0.1) is 0 Å². The van der Waals surface area contributed by atoms with E-state index in [-0.39, 0.29) is 11.9 Å². The van der Waals surface area contributed by atoms with E-state index in [1.807, 2.05) is 74.0 Å². The lowest BCUT2D eigenvalue weighted by molar-refractivity contribution is 0.0780. The lowest BCUT2D eigenvalue weighted by Crippen LogP contribution is -2.45. The molecule has 0 bridgehead atoms. The van der Waals surface area contributed by atoms with E-state index in [2.05, 4.69) is 41.4 Å². The number of anilines is 2. The second kappa shape index (κ2) is 11.7. The Morgan fingerprint density at radius 1 is 0.976 bits per heavy atom. The van der Waals surface area contributed by atoms with Gasteiger partial charge < -0.3 is 19.9 Å². The van der Waals surface area contributed by atoms with Gasteiger partial charge >= 0.3 is 0 Å². The minimum absolute atomic E-state index is 0.113. The smallest absolute Gasteiger partial charge is 0.262 e. The number of nitrogens with one attached hydrogen (secondary N) is 1. The summed E-state index contributed by atoms with van der Waals surface area (Å²) in [6.45, 7) is 3.09. The number of benzene rings is 3. The third-order valence-electron chi connectivity index (χ3n) is 7.45. The number of carbonyl (C=O) groups is 1. The SMILES string of the molecule is COc1ccc(CN2CN(C)C(=O)c3c(NC(C)c4cc5ccccc5nc4-c4ccccc4)nc(SC)nc32)cc1. The number of aromatic nitrogens is 3. The normalized spacial score (nSPS) is 13.7. The number of methoxy groups -OCH3 is 1. The molecule has 3 aromatic carbocycles. The molecule has 0 saturated carbocycles. The zero-order chi connectivity index (χ0) is 29.2. The maximum atomic E-state index is 13.6. The standard InChI is InChI=1S/C33H32N6O2S/c1-21(26-18-24-12-8-9-13-27(24)35-29(26)23-10-6-5-7-11-23)34-30-28-31(37-33(36-30)42-4)39(20-38(2)32(28)40)19-22-14-16-25(41-3)17-15-22/h5-18,21H,19-20H2,1-4H3,(H,34,36,37). The van der Waals surface area contributed by atoms with Crippen LogP contribution in [0.3, 0.4) is 0 Å². The molecule has 1 aliphatic rings. The summed E-state index contributed by atoms with van der Waals surface area (Å²) in [4.78, 5) is 32.2. The summed E-state index contributed by atoms with van der Waals surface area (Å²) in [7, 11) is 3.46. The molecule has 6 rings (SSSR count). The van der Waals surface area contributed by atoms with Crippen LogP contribution in [-0.4, -0.2) is 52.8 Å². The maximum absolute atomic E-state index is 13.6. The minimum atomic E-state index is -0.207. The van der Waals surface area contributed by atoms with Gasteiger partial charge in [0, 0.05) is 30.1 Å². The molecule has 42 heavy (non-hydrogen) atoms. The van der Waals surface area contributed by atoms with Gasteiger partial charge in [0.05, 0.1) is 31.0 Å². The Labute approximate surface area is 249 Å². The Morgan fingerprint density at radius 3 is 2.45 bits per heavy atom. The molecule has 0 fully saturated rings. The number of nitrogens with zero attached hydrogens (tertiary/aromatic N) is 5. The van der Waals surface area contributed by atoms with Gasteiger partial charge in [0.25, 0.3) is 5.91 Å². The highest BCUT2D eigenvalue weighted by atomic mass is 32.2. The molecule has 0 aliphatic carbocycles.